The lowest BCUT2D eigenvalue weighted by Crippen LogP contribution is -2.36. The molecule has 1 aromatic rings. The van der Waals surface area contributed by atoms with Crippen LogP contribution in [0.4, 0.5) is 8.78 Å². The lowest BCUT2D eigenvalue weighted by Gasteiger charge is -2.26. The Hall–Kier alpha value is -0.650. The van der Waals surface area contributed by atoms with Crippen LogP contribution < -0.4 is 0 Å². The maximum absolute atomic E-state index is 13.0. The average Bonchev–Trinajstić information content (AvgIpc) is 2.35. The van der Waals surface area contributed by atoms with Crippen molar-refractivity contribution < 1.29 is 18.6 Å². The SMILES string of the molecule is OC(Cc1ccc(F)c(F)c1)C1CSCCO1. The maximum atomic E-state index is 13.0. The largest absolute Gasteiger partial charge is 0.390 e. The third-order valence-electron chi connectivity index (χ3n) is 2.70. The van der Waals surface area contributed by atoms with Crippen molar-refractivity contribution in [3.05, 3.63) is 35.4 Å². The molecule has 1 aliphatic rings. The molecule has 0 spiro atoms. The van der Waals surface area contributed by atoms with Gasteiger partial charge in [0.1, 0.15) is 0 Å². The van der Waals surface area contributed by atoms with Crippen LogP contribution >= 0.6 is 11.8 Å². The second-order valence-corrected chi connectivity index (χ2v) is 5.15. The van der Waals surface area contributed by atoms with Gasteiger partial charge in [-0.2, -0.15) is 11.8 Å². The summed E-state index contributed by atoms with van der Waals surface area (Å²) in [5.74, 6) is -0.0689. The number of aliphatic hydroxyl groups excluding tert-OH is 1. The number of hydrogen-bond donors (Lipinski definition) is 1. The van der Waals surface area contributed by atoms with E-state index in [0.29, 0.717) is 12.2 Å². The first kappa shape index (κ1) is 12.8. The second-order valence-electron chi connectivity index (χ2n) is 4.00. The molecule has 2 rings (SSSR count). The van der Waals surface area contributed by atoms with Gasteiger partial charge in [0, 0.05) is 17.9 Å². The van der Waals surface area contributed by atoms with Crippen molar-refractivity contribution in [1.29, 1.82) is 0 Å². The predicted molar refractivity (Wildman–Crippen MR) is 63.1 cm³/mol. The van der Waals surface area contributed by atoms with Crippen LogP contribution in [-0.4, -0.2) is 35.4 Å². The highest BCUT2D eigenvalue weighted by Gasteiger charge is 2.23. The summed E-state index contributed by atoms with van der Waals surface area (Å²) in [6.07, 6.45) is -0.614. The van der Waals surface area contributed by atoms with Crippen molar-refractivity contribution in [2.24, 2.45) is 0 Å². The summed E-state index contributed by atoms with van der Waals surface area (Å²) in [5, 5.41) is 9.93. The molecule has 17 heavy (non-hydrogen) atoms. The summed E-state index contributed by atoms with van der Waals surface area (Å²) >= 11 is 1.73. The van der Waals surface area contributed by atoms with E-state index in [1.807, 2.05) is 0 Å². The third kappa shape index (κ3) is 3.40. The van der Waals surface area contributed by atoms with E-state index in [-0.39, 0.29) is 12.5 Å². The monoisotopic (exact) mass is 260 g/mol. The minimum absolute atomic E-state index is 0.220. The molecule has 1 heterocycles. The van der Waals surface area contributed by atoms with Gasteiger partial charge in [0.15, 0.2) is 11.6 Å². The van der Waals surface area contributed by atoms with Crippen LogP contribution in [0.2, 0.25) is 0 Å². The molecule has 2 atom stereocenters. The Labute approximate surface area is 103 Å². The maximum Gasteiger partial charge on any atom is 0.159 e. The molecule has 1 fully saturated rings. The molecule has 94 valence electrons. The first-order valence-electron chi connectivity index (χ1n) is 5.48. The Morgan fingerprint density at radius 1 is 1.41 bits per heavy atom. The fraction of sp³-hybridized carbons (Fsp3) is 0.500. The molecular weight excluding hydrogens is 246 g/mol. The summed E-state index contributed by atoms with van der Waals surface area (Å²) in [5.41, 5.74) is 0.579. The van der Waals surface area contributed by atoms with Gasteiger partial charge in [0.25, 0.3) is 0 Å². The van der Waals surface area contributed by atoms with E-state index in [0.717, 1.165) is 23.6 Å². The van der Waals surface area contributed by atoms with Crippen molar-refractivity contribution in [2.75, 3.05) is 18.1 Å². The van der Waals surface area contributed by atoms with Gasteiger partial charge in [-0.15, -0.1) is 0 Å². The van der Waals surface area contributed by atoms with Crippen molar-refractivity contribution in [3.63, 3.8) is 0 Å². The van der Waals surface area contributed by atoms with Crippen LogP contribution in [0.3, 0.4) is 0 Å². The summed E-state index contributed by atoms with van der Waals surface area (Å²) < 4.78 is 31.1. The van der Waals surface area contributed by atoms with Crippen LogP contribution in [-0.2, 0) is 11.2 Å². The van der Waals surface area contributed by atoms with E-state index in [9.17, 15) is 13.9 Å². The first-order chi connectivity index (χ1) is 8.16. The number of thioether (sulfide) groups is 1. The summed E-state index contributed by atoms with van der Waals surface area (Å²) in [4.78, 5) is 0. The number of ether oxygens (including phenoxy) is 1. The number of halogens is 2. The van der Waals surface area contributed by atoms with Crippen molar-refractivity contribution in [3.8, 4) is 0 Å². The molecule has 0 bridgehead atoms. The highest BCUT2D eigenvalue weighted by Crippen LogP contribution is 2.18. The van der Waals surface area contributed by atoms with Crippen LogP contribution in [0.1, 0.15) is 5.56 Å². The van der Waals surface area contributed by atoms with Crippen LogP contribution in [0, 0.1) is 11.6 Å². The zero-order chi connectivity index (χ0) is 12.3. The van der Waals surface area contributed by atoms with Gasteiger partial charge < -0.3 is 9.84 Å². The van der Waals surface area contributed by atoms with Gasteiger partial charge in [0.05, 0.1) is 18.8 Å². The van der Waals surface area contributed by atoms with E-state index >= 15 is 0 Å². The zero-order valence-electron chi connectivity index (χ0n) is 9.23. The molecule has 1 aromatic carbocycles. The molecular formula is C12H14F2O2S. The smallest absolute Gasteiger partial charge is 0.159 e. The predicted octanol–water partition coefficient (Wildman–Crippen LogP) is 2.00. The molecule has 2 unspecified atom stereocenters. The van der Waals surface area contributed by atoms with Crippen LogP contribution in [0.25, 0.3) is 0 Å². The van der Waals surface area contributed by atoms with E-state index in [1.165, 1.54) is 6.07 Å². The Balaban J connectivity index is 1.96. The normalized spacial score (nSPS) is 22.4. The summed E-state index contributed by atoms with van der Waals surface area (Å²) in [7, 11) is 0. The Kier molecular flexibility index (Phi) is 4.36. The van der Waals surface area contributed by atoms with Crippen LogP contribution in [0.15, 0.2) is 18.2 Å². The molecule has 1 saturated heterocycles. The Morgan fingerprint density at radius 2 is 2.24 bits per heavy atom. The molecule has 0 radical (unpaired) electrons. The fourth-order valence-electron chi connectivity index (χ4n) is 1.77. The Bertz CT molecular complexity index is 381. The van der Waals surface area contributed by atoms with Crippen molar-refractivity contribution >= 4 is 11.8 Å². The molecule has 5 heteroatoms. The quantitative estimate of drug-likeness (QED) is 0.901. The van der Waals surface area contributed by atoms with Gasteiger partial charge in [-0.3, -0.25) is 0 Å². The van der Waals surface area contributed by atoms with E-state index in [2.05, 4.69) is 0 Å². The van der Waals surface area contributed by atoms with Gasteiger partial charge >= 0.3 is 0 Å². The Morgan fingerprint density at radius 3 is 2.88 bits per heavy atom. The fourth-order valence-corrected chi connectivity index (χ4v) is 2.70. The topological polar surface area (TPSA) is 29.5 Å². The molecule has 1 N–H and O–H groups in total. The number of rotatable bonds is 3. The lowest BCUT2D eigenvalue weighted by molar-refractivity contribution is -0.0208. The van der Waals surface area contributed by atoms with Crippen molar-refractivity contribution in [1.82, 2.24) is 0 Å². The minimum Gasteiger partial charge on any atom is -0.390 e. The van der Waals surface area contributed by atoms with Gasteiger partial charge in [-0.05, 0) is 17.7 Å². The van der Waals surface area contributed by atoms with Gasteiger partial charge in [-0.1, -0.05) is 6.07 Å². The average molecular weight is 260 g/mol. The molecule has 0 aromatic heterocycles. The second kappa shape index (κ2) is 5.80. The van der Waals surface area contributed by atoms with Crippen molar-refractivity contribution in [2.45, 2.75) is 18.6 Å². The molecule has 0 saturated carbocycles. The van der Waals surface area contributed by atoms with E-state index < -0.39 is 17.7 Å². The molecule has 0 amide bonds. The minimum atomic E-state index is -0.881. The standard InChI is InChI=1S/C12H14F2O2S/c13-9-2-1-8(5-10(9)14)6-11(15)12-7-17-4-3-16-12/h1-2,5,11-12,15H,3-4,6-7H2. The molecule has 2 nitrogen and oxygen atoms in total. The molecule has 0 aliphatic carbocycles. The zero-order valence-corrected chi connectivity index (χ0v) is 10.1. The number of aliphatic hydroxyl groups is 1. The van der Waals surface area contributed by atoms with E-state index in [1.54, 1.807) is 11.8 Å². The van der Waals surface area contributed by atoms with Gasteiger partial charge in [-0.25, -0.2) is 8.78 Å². The third-order valence-corrected chi connectivity index (χ3v) is 3.72. The first-order valence-corrected chi connectivity index (χ1v) is 6.63. The number of hydrogen-bond acceptors (Lipinski definition) is 3. The molecule has 1 aliphatic heterocycles. The van der Waals surface area contributed by atoms with E-state index in [4.69, 9.17) is 4.74 Å². The highest BCUT2D eigenvalue weighted by atomic mass is 32.2. The highest BCUT2D eigenvalue weighted by molar-refractivity contribution is 7.99. The van der Waals surface area contributed by atoms with Gasteiger partial charge in [0.2, 0.25) is 0 Å². The summed E-state index contributed by atoms with van der Waals surface area (Å²) in [6.45, 7) is 0.629. The number of benzene rings is 1. The summed E-state index contributed by atoms with van der Waals surface area (Å²) in [6, 6.07) is 3.68. The van der Waals surface area contributed by atoms with Crippen LogP contribution in [0.5, 0.6) is 0 Å². The lowest BCUT2D eigenvalue weighted by atomic mass is 10.0.